The minimum absolute atomic E-state index is 0.478. The number of likely N-dealkylation sites (tertiary alicyclic amines) is 1. The molecular weight excluding hydrogens is 242 g/mol. The molecule has 0 aromatic carbocycles. The van der Waals surface area contributed by atoms with Crippen LogP contribution in [0.15, 0.2) is 12.5 Å². The molecule has 5 heteroatoms. The van der Waals surface area contributed by atoms with Gasteiger partial charge in [-0.3, -0.25) is 9.69 Å². The number of hydrogen-bond acceptors (Lipinski definition) is 3. The third-order valence-corrected chi connectivity index (χ3v) is 4.16. The van der Waals surface area contributed by atoms with E-state index < -0.39 is 12.0 Å². The SMILES string of the molecule is O=C(O)C(c1cncn1C1CC1)N1CCCCCC1. The molecule has 2 aliphatic rings. The predicted molar refractivity (Wildman–Crippen MR) is 70.9 cm³/mol. The van der Waals surface area contributed by atoms with Crippen LogP contribution in [0.3, 0.4) is 0 Å². The van der Waals surface area contributed by atoms with E-state index in [1.54, 1.807) is 12.5 Å². The fourth-order valence-electron chi connectivity index (χ4n) is 3.01. The number of carboxylic acid groups (broad SMARTS) is 1. The van der Waals surface area contributed by atoms with Crippen LogP contribution in [0.2, 0.25) is 0 Å². The number of carboxylic acids is 1. The molecule has 1 aromatic rings. The van der Waals surface area contributed by atoms with Crippen molar-refractivity contribution in [2.45, 2.75) is 50.6 Å². The topological polar surface area (TPSA) is 58.4 Å². The first kappa shape index (κ1) is 12.7. The van der Waals surface area contributed by atoms with Gasteiger partial charge in [-0.1, -0.05) is 12.8 Å². The molecule has 0 bridgehead atoms. The summed E-state index contributed by atoms with van der Waals surface area (Å²) in [6.45, 7) is 1.76. The van der Waals surface area contributed by atoms with Gasteiger partial charge in [-0.05, 0) is 38.8 Å². The summed E-state index contributed by atoms with van der Waals surface area (Å²) in [7, 11) is 0. The molecule has 1 saturated carbocycles. The molecule has 1 saturated heterocycles. The van der Waals surface area contributed by atoms with Crippen molar-refractivity contribution in [3.63, 3.8) is 0 Å². The normalized spacial score (nSPS) is 22.9. The van der Waals surface area contributed by atoms with Crippen LogP contribution in [-0.4, -0.2) is 38.6 Å². The minimum Gasteiger partial charge on any atom is -0.480 e. The summed E-state index contributed by atoms with van der Waals surface area (Å²) in [6, 6.07) is -0.0486. The van der Waals surface area contributed by atoms with Gasteiger partial charge in [0, 0.05) is 6.04 Å². The Bertz CT molecular complexity index is 445. The van der Waals surface area contributed by atoms with E-state index in [-0.39, 0.29) is 0 Å². The first-order valence-corrected chi connectivity index (χ1v) is 7.26. The molecule has 104 valence electrons. The van der Waals surface area contributed by atoms with E-state index in [4.69, 9.17) is 0 Å². The van der Waals surface area contributed by atoms with Gasteiger partial charge in [0.15, 0.2) is 6.04 Å². The van der Waals surface area contributed by atoms with Gasteiger partial charge in [0.05, 0.1) is 18.2 Å². The van der Waals surface area contributed by atoms with Crippen molar-refractivity contribution in [3.05, 3.63) is 18.2 Å². The molecule has 0 spiro atoms. The molecule has 3 rings (SSSR count). The lowest BCUT2D eigenvalue weighted by atomic mass is 10.1. The van der Waals surface area contributed by atoms with Crippen LogP contribution in [0, 0.1) is 0 Å². The first-order chi connectivity index (χ1) is 9.27. The molecule has 5 nitrogen and oxygen atoms in total. The third-order valence-electron chi connectivity index (χ3n) is 4.16. The number of rotatable bonds is 4. The average molecular weight is 263 g/mol. The van der Waals surface area contributed by atoms with Gasteiger partial charge in [0.25, 0.3) is 0 Å². The average Bonchev–Trinajstić information content (AvgIpc) is 3.16. The Morgan fingerprint density at radius 2 is 1.95 bits per heavy atom. The maximum atomic E-state index is 11.7. The molecule has 2 heterocycles. The summed E-state index contributed by atoms with van der Waals surface area (Å²) >= 11 is 0. The highest BCUT2D eigenvalue weighted by Gasteiger charge is 2.34. The Kier molecular flexibility index (Phi) is 3.55. The molecule has 1 unspecified atom stereocenters. The lowest BCUT2D eigenvalue weighted by Gasteiger charge is -2.28. The van der Waals surface area contributed by atoms with Crippen molar-refractivity contribution in [1.82, 2.24) is 14.5 Å². The predicted octanol–water partition coefficient (Wildman–Crippen LogP) is 2.22. The molecule has 1 N–H and O–H groups in total. The molecule has 1 atom stereocenters. The molecule has 0 amide bonds. The molecule has 19 heavy (non-hydrogen) atoms. The van der Waals surface area contributed by atoms with Gasteiger partial charge in [-0.15, -0.1) is 0 Å². The Labute approximate surface area is 113 Å². The number of nitrogens with zero attached hydrogens (tertiary/aromatic N) is 3. The zero-order chi connectivity index (χ0) is 13.2. The lowest BCUT2D eigenvalue weighted by molar-refractivity contribution is -0.143. The van der Waals surface area contributed by atoms with E-state index in [0.717, 1.165) is 44.5 Å². The van der Waals surface area contributed by atoms with E-state index >= 15 is 0 Å². The van der Waals surface area contributed by atoms with Gasteiger partial charge in [-0.25, -0.2) is 4.98 Å². The number of aliphatic carboxylic acids is 1. The number of imidazole rings is 1. The van der Waals surface area contributed by atoms with Gasteiger partial charge in [0.1, 0.15) is 0 Å². The maximum Gasteiger partial charge on any atom is 0.327 e. The summed E-state index contributed by atoms with van der Waals surface area (Å²) < 4.78 is 2.07. The van der Waals surface area contributed by atoms with Crippen molar-refractivity contribution in [2.75, 3.05) is 13.1 Å². The van der Waals surface area contributed by atoms with Crippen LogP contribution in [0.25, 0.3) is 0 Å². The summed E-state index contributed by atoms with van der Waals surface area (Å²) in [6.07, 6.45) is 10.5. The third kappa shape index (κ3) is 2.66. The van der Waals surface area contributed by atoms with E-state index in [1.165, 1.54) is 12.8 Å². The van der Waals surface area contributed by atoms with Crippen LogP contribution in [0.4, 0.5) is 0 Å². The molecular formula is C14H21N3O2. The van der Waals surface area contributed by atoms with Gasteiger partial charge >= 0.3 is 5.97 Å². The van der Waals surface area contributed by atoms with Crippen LogP contribution in [0.5, 0.6) is 0 Å². The van der Waals surface area contributed by atoms with E-state index in [1.807, 2.05) is 0 Å². The van der Waals surface area contributed by atoms with E-state index in [0.29, 0.717) is 6.04 Å². The Balaban J connectivity index is 1.86. The lowest BCUT2D eigenvalue weighted by Crippen LogP contribution is -2.36. The quantitative estimate of drug-likeness (QED) is 0.905. The highest BCUT2D eigenvalue weighted by atomic mass is 16.4. The van der Waals surface area contributed by atoms with Crippen molar-refractivity contribution >= 4 is 5.97 Å². The van der Waals surface area contributed by atoms with Crippen molar-refractivity contribution in [3.8, 4) is 0 Å². The van der Waals surface area contributed by atoms with Crippen molar-refractivity contribution in [2.24, 2.45) is 0 Å². The fourth-order valence-corrected chi connectivity index (χ4v) is 3.01. The number of hydrogen-bond donors (Lipinski definition) is 1. The largest absolute Gasteiger partial charge is 0.480 e. The highest BCUT2D eigenvalue weighted by molar-refractivity contribution is 5.75. The van der Waals surface area contributed by atoms with Gasteiger partial charge < -0.3 is 9.67 Å². The minimum atomic E-state index is -0.746. The second kappa shape index (κ2) is 5.33. The molecule has 2 fully saturated rings. The van der Waals surface area contributed by atoms with Gasteiger partial charge in [-0.2, -0.15) is 0 Å². The maximum absolute atomic E-state index is 11.7. The fraction of sp³-hybridized carbons (Fsp3) is 0.714. The second-order valence-corrected chi connectivity index (χ2v) is 5.65. The smallest absolute Gasteiger partial charge is 0.327 e. The van der Waals surface area contributed by atoms with Crippen molar-refractivity contribution < 1.29 is 9.90 Å². The highest BCUT2D eigenvalue weighted by Crippen LogP contribution is 2.38. The second-order valence-electron chi connectivity index (χ2n) is 5.65. The van der Waals surface area contributed by atoms with Crippen LogP contribution in [-0.2, 0) is 4.79 Å². The molecule has 0 radical (unpaired) electrons. The monoisotopic (exact) mass is 263 g/mol. The summed E-state index contributed by atoms with van der Waals surface area (Å²) in [5.74, 6) is -0.746. The van der Waals surface area contributed by atoms with E-state index in [9.17, 15) is 9.90 Å². The van der Waals surface area contributed by atoms with E-state index in [2.05, 4.69) is 14.5 Å². The number of aromatic nitrogens is 2. The van der Waals surface area contributed by atoms with Gasteiger partial charge in [0.2, 0.25) is 0 Å². The molecule has 1 aliphatic carbocycles. The zero-order valence-corrected chi connectivity index (χ0v) is 11.2. The summed E-state index contributed by atoms with van der Waals surface area (Å²) in [5, 5.41) is 9.63. The molecule has 1 aromatic heterocycles. The Hall–Kier alpha value is -1.36. The Morgan fingerprint density at radius 1 is 1.26 bits per heavy atom. The number of carbonyl (C=O) groups is 1. The van der Waals surface area contributed by atoms with Crippen molar-refractivity contribution in [1.29, 1.82) is 0 Å². The van der Waals surface area contributed by atoms with Crippen LogP contribution < -0.4 is 0 Å². The summed E-state index contributed by atoms with van der Waals surface area (Å²) in [5.41, 5.74) is 0.858. The standard InChI is InChI=1S/C14H21N3O2/c18-14(19)13(16-7-3-1-2-4-8-16)12-9-15-10-17(12)11-5-6-11/h9-11,13H,1-8H2,(H,18,19). The van der Waals surface area contributed by atoms with Crippen LogP contribution in [0.1, 0.15) is 56.3 Å². The molecule has 1 aliphatic heterocycles. The zero-order valence-electron chi connectivity index (χ0n) is 11.2. The first-order valence-electron chi connectivity index (χ1n) is 7.26. The Morgan fingerprint density at radius 3 is 2.53 bits per heavy atom. The van der Waals surface area contributed by atoms with Crippen LogP contribution >= 0.6 is 0 Å². The summed E-state index contributed by atoms with van der Waals surface area (Å²) in [4.78, 5) is 18.0.